The molecule has 1 saturated heterocycles. The first-order chi connectivity index (χ1) is 15.0. The van der Waals surface area contributed by atoms with Crippen LogP contribution in [0.3, 0.4) is 0 Å². The van der Waals surface area contributed by atoms with Crippen LogP contribution in [0.1, 0.15) is 30.3 Å². The van der Waals surface area contributed by atoms with Crippen LogP contribution >= 0.6 is 11.6 Å². The number of para-hydroxylation sites is 1. The Morgan fingerprint density at radius 1 is 1.06 bits per heavy atom. The van der Waals surface area contributed by atoms with Crippen molar-refractivity contribution in [2.75, 3.05) is 19.6 Å². The molecule has 3 aromatic rings. The molecule has 31 heavy (non-hydrogen) atoms. The highest BCUT2D eigenvalue weighted by Crippen LogP contribution is 2.25. The number of nitrogens with one attached hydrogen (secondary N) is 1. The number of nitrogens with zero attached hydrogens (tertiary/aromatic N) is 3. The normalized spacial score (nSPS) is 14.5. The fourth-order valence-corrected chi connectivity index (χ4v) is 3.98. The summed E-state index contributed by atoms with van der Waals surface area (Å²) >= 11 is 6.03. The first-order valence-electron chi connectivity index (χ1n) is 10.5. The predicted molar refractivity (Wildman–Crippen MR) is 121 cm³/mol. The molecular weight excluding hydrogens is 412 g/mol. The minimum Gasteiger partial charge on any atom is -0.356 e. The van der Waals surface area contributed by atoms with E-state index in [0.717, 1.165) is 29.8 Å². The lowest BCUT2D eigenvalue weighted by atomic mass is 9.96. The Labute approximate surface area is 186 Å². The molecule has 0 saturated carbocycles. The average molecular weight is 437 g/mol. The summed E-state index contributed by atoms with van der Waals surface area (Å²) in [6.07, 6.45) is 1.74. The third kappa shape index (κ3) is 4.97. The van der Waals surface area contributed by atoms with Crippen LogP contribution in [0, 0.1) is 5.92 Å². The van der Waals surface area contributed by atoms with Gasteiger partial charge in [0.05, 0.1) is 11.4 Å². The molecule has 2 heterocycles. The van der Waals surface area contributed by atoms with Crippen molar-refractivity contribution in [3.05, 3.63) is 71.4 Å². The highest BCUT2D eigenvalue weighted by molar-refractivity contribution is 6.30. The molecule has 7 heteroatoms. The van der Waals surface area contributed by atoms with Crippen molar-refractivity contribution < 1.29 is 9.59 Å². The van der Waals surface area contributed by atoms with E-state index in [2.05, 4.69) is 5.32 Å². The minimum absolute atomic E-state index is 0.0139. The summed E-state index contributed by atoms with van der Waals surface area (Å²) in [6.45, 7) is 3.53. The fraction of sp³-hybridized carbons (Fsp3) is 0.292. The van der Waals surface area contributed by atoms with Gasteiger partial charge in [-0.2, -0.15) is 5.10 Å². The number of carbonyl (C=O) groups excluding carboxylic acids is 2. The molecule has 1 aliphatic heterocycles. The molecule has 0 radical (unpaired) electrons. The lowest BCUT2D eigenvalue weighted by molar-refractivity contribution is -0.119. The zero-order chi connectivity index (χ0) is 21.8. The van der Waals surface area contributed by atoms with Crippen LogP contribution in [-0.4, -0.2) is 46.1 Å². The van der Waals surface area contributed by atoms with E-state index in [9.17, 15) is 9.59 Å². The third-order valence-corrected chi connectivity index (χ3v) is 5.86. The van der Waals surface area contributed by atoms with E-state index >= 15 is 0 Å². The molecule has 0 bridgehead atoms. The van der Waals surface area contributed by atoms with Gasteiger partial charge in [-0.1, -0.05) is 41.9 Å². The highest BCUT2D eigenvalue weighted by Gasteiger charge is 2.27. The van der Waals surface area contributed by atoms with Gasteiger partial charge in [-0.25, -0.2) is 4.68 Å². The predicted octanol–water partition coefficient (Wildman–Crippen LogP) is 4.18. The Morgan fingerprint density at radius 3 is 2.39 bits per heavy atom. The van der Waals surface area contributed by atoms with Crippen LogP contribution in [0.5, 0.6) is 0 Å². The second-order valence-electron chi connectivity index (χ2n) is 7.84. The molecule has 6 nitrogen and oxygen atoms in total. The van der Waals surface area contributed by atoms with Gasteiger partial charge >= 0.3 is 0 Å². The van der Waals surface area contributed by atoms with Crippen LogP contribution in [0.4, 0.5) is 0 Å². The minimum atomic E-state index is -0.0328. The number of likely N-dealkylation sites (tertiary alicyclic amines) is 1. The van der Waals surface area contributed by atoms with E-state index in [1.807, 2.05) is 65.6 Å². The number of carbonyl (C=O) groups is 2. The van der Waals surface area contributed by atoms with Gasteiger partial charge in [-0.15, -0.1) is 0 Å². The molecule has 0 spiro atoms. The van der Waals surface area contributed by atoms with Crippen molar-refractivity contribution in [3.63, 3.8) is 0 Å². The quantitative estimate of drug-likeness (QED) is 0.652. The van der Waals surface area contributed by atoms with Crippen molar-refractivity contribution in [1.82, 2.24) is 20.0 Å². The van der Waals surface area contributed by atoms with Crippen molar-refractivity contribution in [1.29, 1.82) is 0 Å². The third-order valence-electron chi connectivity index (χ3n) is 5.61. The Balaban J connectivity index is 1.58. The maximum atomic E-state index is 13.4. The molecule has 0 aliphatic carbocycles. The van der Waals surface area contributed by atoms with Crippen molar-refractivity contribution >= 4 is 23.4 Å². The van der Waals surface area contributed by atoms with E-state index in [4.69, 9.17) is 16.7 Å². The number of piperidine rings is 1. The van der Waals surface area contributed by atoms with Crippen molar-refractivity contribution in [2.24, 2.45) is 5.92 Å². The number of aromatic nitrogens is 2. The summed E-state index contributed by atoms with van der Waals surface area (Å²) in [4.78, 5) is 26.5. The summed E-state index contributed by atoms with van der Waals surface area (Å²) in [5.41, 5.74) is 3.01. The molecule has 160 valence electrons. The number of hydrogen-bond donors (Lipinski definition) is 1. The molecule has 0 atom stereocenters. The number of amides is 2. The van der Waals surface area contributed by atoms with Crippen molar-refractivity contribution in [3.8, 4) is 16.9 Å². The highest BCUT2D eigenvalue weighted by atomic mass is 35.5. The average Bonchev–Trinajstić information content (AvgIpc) is 3.24. The standard InChI is InChI=1S/C24H25ClN4O2/c1-17(30)26-16-18-11-13-28(14-12-18)24(31)23-15-22(19-7-9-20(25)10-8-19)27-29(23)21-5-3-2-4-6-21/h2-10,15,18H,11-14,16H2,1H3,(H,26,30). The molecule has 2 amide bonds. The molecule has 0 unspecified atom stereocenters. The maximum absolute atomic E-state index is 13.4. The van der Waals surface area contributed by atoms with Crippen molar-refractivity contribution in [2.45, 2.75) is 19.8 Å². The first-order valence-corrected chi connectivity index (χ1v) is 10.8. The zero-order valence-electron chi connectivity index (χ0n) is 17.4. The lowest BCUT2D eigenvalue weighted by Crippen LogP contribution is -2.41. The van der Waals surface area contributed by atoms with E-state index in [0.29, 0.717) is 36.3 Å². The molecule has 1 aromatic heterocycles. The molecular formula is C24H25ClN4O2. The molecule has 1 fully saturated rings. The van der Waals surface area contributed by atoms with Gasteiger partial charge in [0.2, 0.25) is 5.91 Å². The smallest absolute Gasteiger partial charge is 0.272 e. The van der Waals surface area contributed by atoms with Crippen LogP contribution in [0.2, 0.25) is 5.02 Å². The second kappa shape index (κ2) is 9.35. The van der Waals surface area contributed by atoms with Crippen LogP contribution in [0.25, 0.3) is 16.9 Å². The SMILES string of the molecule is CC(=O)NCC1CCN(C(=O)c2cc(-c3ccc(Cl)cc3)nn2-c2ccccc2)CC1. The van der Waals surface area contributed by atoms with Crippen LogP contribution in [0.15, 0.2) is 60.7 Å². The van der Waals surface area contributed by atoms with Gasteiger partial charge < -0.3 is 10.2 Å². The van der Waals surface area contributed by atoms with E-state index in [1.165, 1.54) is 6.92 Å². The lowest BCUT2D eigenvalue weighted by Gasteiger charge is -2.32. The number of hydrogen-bond acceptors (Lipinski definition) is 3. The summed E-state index contributed by atoms with van der Waals surface area (Å²) in [6, 6.07) is 19.0. The van der Waals surface area contributed by atoms with E-state index in [-0.39, 0.29) is 11.8 Å². The zero-order valence-corrected chi connectivity index (χ0v) is 18.2. The Morgan fingerprint density at radius 2 is 1.74 bits per heavy atom. The molecule has 4 rings (SSSR count). The number of benzene rings is 2. The monoisotopic (exact) mass is 436 g/mol. The molecule has 1 aliphatic rings. The van der Waals surface area contributed by atoms with Gasteiger partial charge in [0, 0.05) is 37.1 Å². The van der Waals surface area contributed by atoms with Crippen LogP contribution in [-0.2, 0) is 4.79 Å². The first kappa shape index (κ1) is 21.1. The van der Waals surface area contributed by atoms with Gasteiger partial charge in [0.15, 0.2) is 0 Å². The Kier molecular flexibility index (Phi) is 6.37. The Hall–Kier alpha value is -3.12. The molecule has 1 N–H and O–H groups in total. The fourth-order valence-electron chi connectivity index (χ4n) is 3.85. The maximum Gasteiger partial charge on any atom is 0.272 e. The molecule has 2 aromatic carbocycles. The Bertz CT molecular complexity index is 1050. The van der Waals surface area contributed by atoms with Gasteiger partial charge in [0.1, 0.15) is 5.69 Å². The second-order valence-corrected chi connectivity index (χ2v) is 8.28. The summed E-state index contributed by atoms with van der Waals surface area (Å²) in [5.74, 6) is 0.353. The largest absolute Gasteiger partial charge is 0.356 e. The van der Waals surface area contributed by atoms with E-state index < -0.39 is 0 Å². The van der Waals surface area contributed by atoms with E-state index in [1.54, 1.807) is 4.68 Å². The van der Waals surface area contributed by atoms with Crippen LogP contribution < -0.4 is 5.32 Å². The summed E-state index contributed by atoms with van der Waals surface area (Å²) in [5, 5.41) is 8.28. The van der Waals surface area contributed by atoms with Gasteiger partial charge in [0.25, 0.3) is 5.91 Å². The summed E-state index contributed by atoms with van der Waals surface area (Å²) in [7, 11) is 0. The summed E-state index contributed by atoms with van der Waals surface area (Å²) < 4.78 is 1.72. The topological polar surface area (TPSA) is 67.2 Å². The van der Waals surface area contributed by atoms with Gasteiger partial charge in [-0.05, 0) is 49.1 Å². The number of rotatable bonds is 5. The number of halogens is 1. The van der Waals surface area contributed by atoms with Gasteiger partial charge in [-0.3, -0.25) is 9.59 Å².